The average molecular weight is 200 g/mol. The van der Waals surface area contributed by atoms with E-state index in [1.54, 1.807) is 0 Å². The summed E-state index contributed by atoms with van der Waals surface area (Å²) in [5.41, 5.74) is -0.535. The molecule has 1 rings (SSSR count). The average Bonchev–Trinajstić information content (AvgIpc) is 2.19. The summed E-state index contributed by atoms with van der Waals surface area (Å²) in [6.45, 7) is 7.98. The summed E-state index contributed by atoms with van der Waals surface area (Å²) in [6.07, 6.45) is 3.34. The summed E-state index contributed by atoms with van der Waals surface area (Å²) in [6, 6.07) is 0. The first-order valence-electron chi connectivity index (χ1n) is 5.78. The van der Waals surface area contributed by atoms with E-state index in [2.05, 4.69) is 10.6 Å². The maximum absolute atomic E-state index is 9.78. The van der Waals surface area contributed by atoms with Gasteiger partial charge in [-0.25, -0.2) is 0 Å². The summed E-state index contributed by atoms with van der Waals surface area (Å²) in [7, 11) is 0. The van der Waals surface area contributed by atoms with Gasteiger partial charge in [-0.05, 0) is 51.7 Å². The van der Waals surface area contributed by atoms with Crippen LogP contribution >= 0.6 is 0 Å². The second-order valence-corrected chi connectivity index (χ2v) is 4.67. The molecule has 1 atom stereocenters. The minimum Gasteiger partial charge on any atom is -0.389 e. The SMILES string of the molecule is CCC(C)(O)CNCC1CCNCC1. The fourth-order valence-corrected chi connectivity index (χ4v) is 1.76. The molecule has 0 aromatic carbocycles. The van der Waals surface area contributed by atoms with E-state index in [9.17, 15) is 5.11 Å². The summed E-state index contributed by atoms with van der Waals surface area (Å²) >= 11 is 0. The van der Waals surface area contributed by atoms with E-state index in [0.29, 0.717) is 6.54 Å². The molecule has 0 amide bonds. The lowest BCUT2D eigenvalue weighted by atomic mass is 9.97. The van der Waals surface area contributed by atoms with Gasteiger partial charge >= 0.3 is 0 Å². The molecule has 1 fully saturated rings. The van der Waals surface area contributed by atoms with Crippen LogP contribution in [-0.2, 0) is 0 Å². The molecule has 1 aliphatic heterocycles. The Kier molecular flexibility index (Phi) is 4.85. The molecule has 3 heteroatoms. The van der Waals surface area contributed by atoms with Gasteiger partial charge in [-0.3, -0.25) is 0 Å². The van der Waals surface area contributed by atoms with E-state index in [4.69, 9.17) is 0 Å². The maximum atomic E-state index is 9.78. The summed E-state index contributed by atoms with van der Waals surface area (Å²) in [5, 5.41) is 16.5. The zero-order chi connectivity index (χ0) is 10.4. The Labute approximate surface area is 87.3 Å². The topological polar surface area (TPSA) is 44.3 Å². The van der Waals surface area contributed by atoms with Crippen molar-refractivity contribution in [1.29, 1.82) is 0 Å². The summed E-state index contributed by atoms with van der Waals surface area (Å²) in [4.78, 5) is 0. The zero-order valence-electron chi connectivity index (χ0n) is 9.47. The highest BCUT2D eigenvalue weighted by Gasteiger charge is 2.18. The number of nitrogens with one attached hydrogen (secondary N) is 2. The van der Waals surface area contributed by atoms with E-state index < -0.39 is 5.60 Å². The minimum atomic E-state index is -0.535. The van der Waals surface area contributed by atoms with Crippen LogP contribution < -0.4 is 10.6 Å². The van der Waals surface area contributed by atoms with Crippen LogP contribution in [0.15, 0.2) is 0 Å². The summed E-state index contributed by atoms with van der Waals surface area (Å²) in [5.74, 6) is 0.795. The Morgan fingerprint density at radius 3 is 2.64 bits per heavy atom. The Morgan fingerprint density at radius 2 is 2.07 bits per heavy atom. The van der Waals surface area contributed by atoms with Crippen molar-refractivity contribution in [2.45, 2.75) is 38.7 Å². The van der Waals surface area contributed by atoms with Crippen molar-refractivity contribution in [3.63, 3.8) is 0 Å². The van der Waals surface area contributed by atoms with Crippen LogP contribution in [0, 0.1) is 5.92 Å². The van der Waals surface area contributed by atoms with E-state index >= 15 is 0 Å². The van der Waals surface area contributed by atoms with Crippen molar-refractivity contribution in [3.8, 4) is 0 Å². The highest BCUT2D eigenvalue weighted by Crippen LogP contribution is 2.11. The summed E-state index contributed by atoms with van der Waals surface area (Å²) < 4.78 is 0. The number of hydrogen-bond acceptors (Lipinski definition) is 3. The van der Waals surface area contributed by atoms with Gasteiger partial charge in [0.15, 0.2) is 0 Å². The first-order chi connectivity index (χ1) is 6.64. The van der Waals surface area contributed by atoms with Crippen LogP contribution in [0.5, 0.6) is 0 Å². The monoisotopic (exact) mass is 200 g/mol. The largest absolute Gasteiger partial charge is 0.389 e. The third kappa shape index (κ3) is 4.40. The smallest absolute Gasteiger partial charge is 0.0740 e. The van der Waals surface area contributed by atoms with Gasteiger partial charge in [0.2, 0.25) is 0 Å². The molecule has 3 N–H and O–H groups in total. The second kappa shape index (κ2) is 5.69. The van der Waals surface area contributed by atoms with Crippen molar-refractivity contribution in [1.82, 2.24) is 10.6 Å². The van der Waals surface area contributed by atoms with Crippen LogP contribution in [0.4, 0.5) is 0 Å². The van der Waals surface area contributed by atoms with Crippen LogP contribution in [0.1, 0.15) is 33.1 Å². The molecule has 3 nitrogen and oxygen atoms in total. The van der Waals surface area contributed by atoms with Gasteiger partial charge in [-0.2, -0.15) is 0 Å². The van der Waals surface area contributed by atoms with Crippen LogP contribution in [0.25, 0.3) is 0 Å². The Bertz CT molecular complexity index is 153. The van der Waals surface area contributed by atoms with Gasteiger partial charge < -0.3 is 15.7 Å². The molecule has 0 bridgehead atoms. The fraction of sp³-hybridized carbons (Fsp3) is 1.00. The highest BCUT2D eigenvalue weighted by atomic mass is 16.3. The molecule has 0 aromatic rings. The number of hydrogen-bond donors (Lipinski definition) is 3. The van der Waals surface area contributed by atoms with Crippen LogP contribution in [0.3, 0.4) is 0 Å². The number of piperidine rings is 1. The molecule has 1 heterocycles. The molecule has 0 aliphatic carbocycles. The van der Waals surface area contributed by atoms with Gasteiger partial charge in [0.05, 0.1) is 5.60 Å². The first-order valence-corrected chi connectivity index (χ1v) is 5.78. The van der Waals surface area contributed by atoms with Gasteiger partial charge in [0, 0.05) is 6.54 Å². The van der Waals surface area contributed by atoms with E-state index in [1.807, 2.05) is 13.8 Å². The normalized spacial score (nSPS) is 23.4. The lowest BCUT2D eigenvalue weighted by Crippen LogP contribution is -2.41. The van der Waals surface area contributed by atoms with Crippen LogP contribution in [0.2, 0.25) is 0 Å². The standard InChI is InChI=1S/C11H24N2O/c1-3-11(2,14)9-13-8-10-4-6-12-7-5-10/h10,12-14H,3-9H2,1-2H3. The molecular weight excluding hydrogens is 176 g/mol. The van der Waals surface area contributed by atoms with Gasteiger partial charge in [0.1, 0.15) is 0 Å². The Hall–Kier alpha value is -0.120. The molecule has 0 radical (unpaired) electrons. The molecule has 1 unspecified atom stereocenters. The molecule has 0 spiro atoms. The lowest BCUT2D eigenvalue weighted by molar-refractivity contribution is 0.0545. The predicted octanol–water partition coefficient (Wildman–Crippen LogP) is 0.737. The van der Waals surface area contributed by atoms with E-state index in [0.717, 1.165) is 32.0 Å². The van der Waals surface area contributed by atoms with Crippen molar-refractivity contribution >= 4 is 0 Å². The first kappa shape index (κ1) is 12.0. The molecule has 0 aromatic heterocycles. The quantitative estimate of drug-likeness (QED) is 0.613. The number of rotatable bonds is 5. The fourth-order valence-electron chi connectivity index (χ4n) is 1.76. The predicted molar refractivity (Wildman–Crippen MR) is 59.4 cm³/mol. The molecule has 1 aliphatic rings. The van der Waals surface area contributed by atoms with Crippen molar-refractivity contribution < 1.29 is 5.11 Å². The minimum absolute atomic E-state index is 0.535. The van der Waals surface area contributed by atoms with Crippen molar-refractivity contribution in [2.24, 2.45) is 5.92 Å². The lowest BCUT2D eigenvalue weighted by Gasteiger charge is -2.26. The molecule has 84 valence electrons. The van der Waals surface area contributed by atoms with Gasteiger partial charge in [0.25, 0.3) is 0 Å². The molecule has 14 heavy (non-hydrogen) atoms. The zero-order valence-corrected chi connectivity index (χ0v) is 9.47. The van der Waals surface area contributed by atoms with Crippen molar-refractivity contribution in [3.05, 3.63) is 0 Å². The number of aliphatic hydroxyl groups is 1. The maximum Gasteiger partial charge on any atom is 0.0740 e. The molecular formula is C11H24N2O. The third-order valence-corrected chi connectivity index (χ3v) is 3.16. The van der Waals surface area contributed by atoms with Gasteiger partial charge in [-0.15, -0.1) is 0 Å². The third-order valence-electron chi connectivity index (χ3n) is 3.16. The molecule has 0 saturated carbocycles. The van der Waals surface area contributed by atoms with Crippen LogP contribution in [-0.4, -0.2) is 36.9 Å². The Morgan fingerprint density at radius 1 is 1.43 bits per heavy atom. The van der Waals surface area contributed by atoms with Crippen molar-refractivity contribution in [2.75, 3.05) is 26.2 Å². The Balaban J connectivity index is 2.08. The van der Waals surface area contributed by atoms with Gasteiger partial charge in [-0.1, -0.05) is 6.92 Å². The van der Waals surface area contributed by atoms with E-state index in [1.165, 1.54) is 12.8 Å². The van der Waals surface area contributed by atoms with E-state index in [-0.39, 0.29) is 0 Å². The highest BCUT2D eigenvalue weighted by molar-refractivity contribution is 4.76. The molecule has 1 saturated heterocycles. The second-order valence-electron chi connectivity index (χ2n) is 4.67.